The van der Waals surface area contributed by atoms with Crippen molar-refractivity contribution in [3.63, 3.8) is 0 Å². The number of benzene rings is 2. The number of nitrogens with two attached hydrogens (primary N) is 1. The van der Waals surface area contributed by atoms with E-state index >= 15 is 0 Å². The van der Waals surface area contributed by atoms with Crippen LogP contribution in [0.5, 0.6) is 5.75 Å². The Hall–Kier alpha value is -1.87. The van der Waals surface area contributed by atoms with Crippen LogP contribution in [-0.4, -0.2) is 0 Å². The first-order chi connectivity index (χ1) is 8.70. The van der Waals surface area contributed by atoms with Gasteiger partial charge in [-0.3, -0.25) is 0 Å². The SMILES string of the molecule is Cc1cccc(COc2cccc(F)c2CN)c1. The van der Waals surface area contributed by atoms with E-state index in [2.05, 4.69) is 0 Å². The summed E-state index contributed by atoms with van der Waals surface area (Å²) in [6.07, 6.45) is 0. The monoisotopic (exact) mass is 245 g/mol. The van der Waals surface area contributed by atoms with E-state index < -0.39 is 0 Å². The Kier molecular flexibility index (Phi) is 3.95. The van der Waals surface area contributed by atoms with E-state index in [4.69, 9.17) is 10.5 Å². The van der Waals surface area contributed by atoms with Crippen LogP contribution in [0.15, 0.2) is 42.5 Å². The first-order valence-corrected chi connectivity index (χ1v) is 5.86. The van der Waals surface area contributed by atoms with Crippen molar-refractivity contribution in [1.82, 2.24) is 0 Å². The number of rotatable bonds is 4. The van der Waals surface area contributed by atoms with Crippen LogP contribution in [0.3, 0.4) is 0 Å². The smallest absolute Gasteiger partial charge is 0.131 e. The third kappa shape index (κ3) is 2.87. The summed E-state index contributed by atoms with van der Waals surface area (Å²) in [7, 11) is 0. The van der Waals surface area contributed by atoms with Crippen LogP contribution in [0.4, 0.5) is 4.39 Å². The zero-order valence-electron chi connectivity index (χ0n) is 10.3. The first kappa shape index (κ1) is 12.6. The lowest BCUT2D eigenvalue weighted by Crippen LogP contribution is -2.05. The molecule has 2 nitrogen and oxygen atoms in total. The van der Waals surface area contributed by atoms with Crippen molar-refractivity contribution in [2.45, 2.75) is 20.1 Å². The van der Waals surface area contributed by atoms with Crippen molar-refractivity contribution >= 4 is 0 Å². The van der Waals surface area contributed by atoms with Crippen LogP contribution >= 0.6 is 0 Å². The Morgan fingerprint density at radius 1 is 1.17 bits per heavy atom. The maximum Gasteiger partial charge on any atom is 0.131 e. The highest BCUT2D eigenvalue weighted by Gasteiger charge is 2.07. The molecule has 0 atom stereocenters. The second-order valence-electron chi connectivity index (χ2n) is 4.20. The van der Waals surface area contributed by atoms with Crippen LogP contribution in [-0.2, 0) is 13.2 Å². The molecule has 2 aromatic rings. The quantitative estimate of drug-likeness (QED) is 0.898. The van der Waals surface area contributed by atoms with E-state index in [-0.39, 0.29) is 12.4 Å². The first-order valence-electron chi connectivity index (χ1n) is 5.86. The number of hydrogen-bond donors (Lipinski definition) is 1. The van der Waals surface area contributed by atoms with E-state index in [1.54, 1.807) is 12.1 Å². The van der Waals surface area contributed by atoms with Gasteiger partial charge in [-0.25, -0.2) is 4.39 Å². The molecule has 2 aromatic carbocycles. The molecular weight excluding hydrogens is 229 g/mol. The minimum atomic E-state index is -0.320. The van der Waals surface area contributed by atoms with E-state index in [1.807, 2.05) is 31.2 Å². The molecule has 0 aliphatic heterocycles. The molecule has 0 aliphatic carbocycles. The van der Waals surface area contributed by atoms with Gasteiger partial charge < -0.3 is 10.5 Å². The molecule has 0 amide bonds. The summed E-state index contributed by atoms with van der Waals surface area (Å²) in [4.78, 5) is 0. The number of halogens is 1. The van der Waals surface area contributed by atoms with Crippen molar-refractivity contribution in [2.24, 2.45) is 5.73 Å². The highest BCUT2D eigenvalue weighted by atomic mass is 19.1. The van der Waals surface area contributed by atoms with Crippen molar-refractivity contribution in [3.8, 4) is 5.75 Å². The fraction of sp³-hybridized carbons (Fsp3) is 0.200. The van der Waals surface area contributed by atoms with Gasteiger partial charge in [-0.1, -0.05) is 35.9 Å². The second kappa shape index (κ2) is 5.65. The molecule has 0 bridgehead atoms. The maximum absolute atomic E-state index is 13.5. The Morgan fingerprint density at radius 2 is 1.94 bits per heavy atom. The Balaban J connectivity index is 2.13. The molecule has 0 unspecified atom stereocenters. The molecule has 0 saturated heterocycles. The average Bonchev–Trinajstić information content (AvgIpc) is 2.36. The highest BCUT2D eigenvalue weighted by Crippen LogP contribution is 2.22. The van der Waals surface area contributed by atoms with Gasteiger partial charge in [0.1, 0.15) is 18.2 Å². The topological polar surface area (TPSA) is 35.2 Å². The van der Waals surface area contributed by atoms with E-state index in [0.29, 0.717) is 17.9 Å². The fourth-order valence-electron chi connectivity index (χ4n) is 1.84. The summed E-state index contributed by atoms with van der Waals surface area (Å²) in [5.74, 6) is 0.193. The summed E-state index contributed by atoms with van der Waals surface area (Å²) >= 11 is 0. The highest BCUT2D eigenvalue weighted by molar-refractivity contribution is 5.35. The van der Waals surface area contributed by atoms with E-state index in [9.17, 15) is 4.39 Å². The molecule has 0 aromatic heterocycles. The molecule has 0 heterocycles. The van der Waals surface area contributed by atoms with Crippen LogP contribution in [0.1, 0.15) is 16.7 Å². The maximum atomic E-state index is 13.5. The van der Waals surface area contributed by atoms with E-state index in [0.717, 1.165) is 5.56 Å². The number of aryl methyl sites for hydroxylation is 1. The standard InChI is InChI=1S/C15H16FNO/c1-11-4-2-5-12(8-11)10-18-15-7-3-6-14(16)13(15)9-17/h2-8H,9-10,17H2,1H3. The Bertz CT molecular complexity index is 540. The Morgan fingerprint density at radius 3 is 2.67 bits per heavy atom. The van der Waals surface area contributed by atoms with Crippen molar-refractivity contribution < 1.29 is 9.13 Å². The predicted octanol–water partition coefficient (Wildman–Crippen LogP) is 3.17. The summed E-state index contributed by atoms with van der Waals surface area (Å²) in [6, 6.07) is 12.8. The summed E-state index contributed by atoms with van der Waals surface area (Å²) in [5, 5.41) is 0. The Labute approximate surface area is 106 Å². The van der Waals surface area contributed by atoms with Crippen LogP contribution in [0, 0.1) is 12.7 Å². The molecular formula is C15H16FNO. The van der Waals surface area contributed by atoms with Crippen molar-refractivity contribution in [1.29, 1.82) is 0 Å². The average molecular weight is 245 g/mol. The molecule has 0 saturated carbocycles. The largest absolute Gasteiger partial charge is 0.488 e. The van der Waals surface area contributed by atoms with Gasteiger partial charge >= 0.3 is 0 Å². The van der Waals surface area contributed by atoms with Crippen molar-refractivity contribution in [3.05, 3.63) is 65.0 Å². The summed E-state index contributed by atoms with van der Waals surface area (Å²) in [5.41, 5.74) is 8.18. The molecule has 3 heteroatoms. The third-order valence-electron chi connectivity index (χ3n) is 2.76. The molecule has 0 radical (unpaired) electrons. The van der Waals surface area contributed by atoms with Gasteiger partial charge in [0.25, 0.3) is 0 Å². The van der Waals surface area contributed by atoms with E-state index in [1.165, 1.54) is 11.6 Å². The number of hydrogen-bond acceptors (Lipinski definition) is 2. The minimum Gasteiger partial charge on any atom is -0.488 e. The normalized spacial score (nSPS) is 10.4. The molecule has 18 heavy (non-hydrogen) atoms. The van der Waals surface area contributed by atoms with Gasteiger partial charge in [-0.15, -0.1) is 0 Å². The van der Waals surface area contributed by atoms with Crippen LogP contribution < -0.4 is 10.5 Å². The zero-order chi connectivity index (χ0) is 13.0. The van der Waals surface area contributed by atoms with Crippen LogP contribution in [0.2, 0.25) is 0 Å². The molecule has 0 aliphatic rings. The van der Waals surface area contributed by atoms with Gasteiger partial charge in [-0.05, 0) is 24.6 Å². The third-order valence-corrected chi connectivity index (χ3v) is 2.76. The van der Waals surface area contributed by atoms with Crippen LogP contribution in [0.25, 0.3) is 0 Å². The molecule has 2 N–H and O–H groups in total. The lowest BCUT2D eigenvalue weighted by Gasteiger charge is -2.11. The lowest BCUT2D eigenvalue weighted by molar-refractivity contribution is 0.300. The fourth-order valence-corrected chi connectivity index (χ4v) is 1.84. The van der Waals surface area contributed by atoms with Gasteiger partial charge in [-0.2, -0.15) is 0 Å². The summed E-state index contributed by atoms with van der Waals surface area (Å²) in [6.45, 7) is 2.57. The summed E-state index contributed by atoms with van der Waals surface area (Å²) < 4.78 is 19.1. The van der Waals surface area contributed by atoms with Gasteiger partial charge in [0.2, 0.25) is 0 Å². The molecule has 94 valence electrons. The van der Waals surface area contributed by atoms with Gasteiger partial charge in [0.05, 0.1) is 0 Å². The predicted molar refractivity (Wildman–Crippen MR) is 69.8 cm³/mol. The van der Waals surface area contributed by atoms with Gasteiger partial charge in [0, 0.05) is 12.1 Å². The second-order valence-corrected chi connectivity index (χ2v) is 4.20. The van der Waals surface area contributed by atoms with Crippen molar-refractivity contribution in [2.75, 3.05) is 0 Å². The molecule has 2 rings (SSSR count). The lowest BCUT2D eigenvalue weighted by atomic mass is 10.1. The zero-order valence-corrected chi connectivity index (χ0v) is 10.3. The molecule has 0 spiro atoms. The molecule has 0 fully saturated rings. The number of ether oxygens (including phenoxy) is 1. The van der Waals surface area contributed by atoms with Gasteiger partial charge in [0.15, 0.2) is 0 Å². The minimum absolute atomic E-state index is 0.135.